The Morgan fingerprint density at radius 2 is 2.33 bits per heavy atom. The Kier molecular flexibility index (Phi) is 4.00. The first-order chi connectivity index (χ1) is 4.16. The molecular weight excluding hydrogens is 122 g/mol. The molecule has 0 spiro atoms. The van der Waals surface area contributed by atoms with Gasteiger partial charge < -0.3 is 10.4 Å². The predicted molar refractivity (Wildman–Crippen MR) is 30.2 cm³/mol. The van der Waals surface area contributed by atoms with Crippen LogP contribution in [0.3, 0.4) is 0 Å². The highest BCUT2D eigenvalue weighted by Gasteiger charge is 1.99. The monoisotopic (exact) mass is 132 g/mol. The van der Waals surface area contributed by atoms with Gasteiger partial charge in [-0.15, -0.1) is 0 Å². The largest absolute Gasteiger partial charge is 0.392 e. The fourth-order valence-corrected chi connectivity index (χ4v) is 0.313. The summed E-state index contributed by atoms with van der Waals surface area (Å²) in [5.74, 6) is -0.573. The van der Waals surface area contributed by atoms with E-state index in [1.165, 1.54) is 6.92 Å². The summed E-state index contributed by atoms with van der Waals surface area (Å²) >= 11 is 0. The number of rotatable bonds is 3. The maximum atomic E-state index is 10.2. The van der Waals surface area contributed by atoms with Gasteiger partial charge in [0.05, 0.1) is 6.10 Å². The average molecular weight is 132 g/mol. The number of nitrogens with one attached hydrogen (secondary N) is 1. The van der Waals surface area contributed by atoms with Crippen LogP contribution >= 0.6 is 0 Å². The lowest BCUT2D eigenvalue weighted by Gasteiger charge is -2.03. The molecule has 0 aromatic heterocycles. The highest BCUT2D eigenvalue weighted by molar-refractivity contribution is 5.76. The van der Waals surface area contributed by atoms with Gasteiger partial charge in [0.1, 0.15) is 0 Å². The summed E-state index contributed by atoms with van der Waals surface area (Å²) in [5, 5.41) is 20.6. The fraction of sp³-hybridized carbons (Fsp3) is 0.800. The van der Waals surface area contributed by atoms with E-state index in [9.17, 15) is 9.90 Å². The van der Waals surface area contributed by atoms with E-state index < -0.39 is 18.6 Å². The molecule has 53 valence electrons. The van der Waals surface area contributed by atoms with Crippen molar-refractivity contribution in [3.05, 3.63) is 0 Å². The molecule has 1 radical (unpaired) electrons. The van der Waals surface area contributed by atoms with E-state index in [-0.39, 0.29) is 6.54 Å². The van der Waals surface area contributed by atoms with Gasteiger partial charge >= 0.3 is 0 Å². The number of aliphatic hydroxyl groups excluding tert-OH is 1. The maximum Gasteiger partial charge on any atom is 0.249 e. The van der Waals surface area contributed by atoms with Crippen LogP contribution in [0, 0.1) is 0 Å². The van der Waals surface area contributed by atoms with E-state index in [0.29, 0.717) is 0 Å². The zero-order chi connectivity index (χ0) is 7.28. The molecule has 4 heteroatoms. The number of aliphatic hydroxyl groups is 1. The third kappa shape index (κ3) is 5.26. The van der Waals surface area contributed by atoms with Gasteiger partial charge in [0.25, 0.3) is 0 Å². The van der Waals surface area contributed by atoms with E-state index in [1.54, 1.807) is 0 Å². The van der Waals surface area contributed by atoms with E-state index in [4.69, 9.17) is 5.11 Å². The molecule has 0 heterocycles. The number of hydrogen-bond donors (Lipinski definition) is 2. The van der Waals surface area contributed by atoms with Gasteiger partial charge in [0.2, 0.25) is 5.91 Å². The summed E-state index contributed by atoms with van der Waals surface area (Å²) in [6.45, 7) is 0.916. The Balaban J connectivity index is 3.17. The van der Waals surface area contributed by atoms with Crippen LogP contribution in [0.1, 0.15) is 6.92 Å². The Hall–Kier alpha value is -0.610. The van der Waals surface area contributed by atoms with Crippen LogP contribution in [-0.4, -0.2) is 30.3 Å². The first-order valence-electron chi connectivity index (χ1n) is 2.69. The fourth-order valence-electron chi connectivity index (χ4n) is 0.313. The zero-order valence-electron chi connectivity index (χ0n) is 5.26. The average Bonchev–Trinajstić information content (AvgIpc) is 1.83. The molecule has 0 fully saturated rings. The Morgan fingerprint density at radius 1 is 1.78 bits per heavy atom. The molecule has 4 nitrogen and oxygen atoms in total. The van der Waals surface area contributed by atoms with Crippen molar-refractivity contribution in [2.45, 2.75) is 13.0 Å². The van der Waals surface area contributed by atoms with Crippen molar-refractivity contribution >= 4 is 5.91 Å². The molecule has 2 N–H and O–H groups in total. The number of carbonyl (C=O) groups is 1. The Morgan fingerprint density at radius 3 is 2.67 bits per heavy atom. The smallest absolute Gasteiger partial charge is 0.249 e. The van der Waals surface area contributed by atoms with Crippen molar-refractivity contribution in [3.63, 3.8) is 0 Å². The van der Waals surface area contributed by atoms with E-state index in [2.05, 4.69) is 5.32 Å². The topological polar surface area (TPSA) is 69.2 Å². The zero-order valence-corrected chi connectivity index (χ0v) is 5.26. The third-order valence-corrected chi connectivity index (χ3v) is 0.726. The van der Waals surface area contributed by atoms with Crippen molar-refractivity contribution in [2.75, 3.05) is 13.2 Å². The number of carbonyl (C=O) groups excluding carboxylic acids is 1. The van der Waals surface area contributed by atoms with Crippen LogP contribution < -0.4 is 5.32 Å². The molecule has 0 aliphatic rings. The van der Waals surface area contributed by atoms with Gasteiger partial charge in [-0.3, -0.25) is 4.79 Å². The molecule has 0 saturated heterocycles. The van der Waals surface area contributed by atoms with Gasteiger partial charge in [-0.1, -0.05) is 0 Å². The minimum Gasteiger partial charge on any atom is -0.392 e. The summed E-state index contributed by atoms with van der Waals surface area (Å²) in [5.41, 5.74) is 0. The van der Waals surface area contributed by atoms with E-state index in [0.717, 1.165) is 0 Å². The lowest BCUT2D eigenvalue weighted by atomic mass is 10.4. The lowest BCUT2D eigenvalue weighted by molar-refractivity contribution is -0.125. The molecule has 1 amide bonds. The van der Waals surface area contributed by atoms with Crippen molar-refractivity contribution in [2.24, 2.45) is 0 Å². The van der Waals surface area contributed by atoms with Gasteiger partial charge in [-0.05, 0) is 6.92 Å². The second kappa shape index (κ2) is 4.29. The molecule has 0 aromatic rings. The normalized spacial score (nSPS) is 12.8. The summed E-state index contributed by atoms with van der Waals surface area (Å²) in [6.07, 6.45) is -0.583. The molecule has 0 aliphatic heterocycles. The lowest BCUT2D eigenvalue weighted by Crippen LogP contribution is -2.32. The minimum atomic E-state index is -0.771. The van der Waals surface area contributed by atoms with Crippen molar-refractivity contribution in [1.82, 2.24) is 5.32 Å². The highest BCUT2D eigenvalue weighted by Crippen LogP contribution is 1.73. The third-order valence-electron chi connectivity index (χ3n) is 0.726. The molecule has 0 saturated carbocycles. The summed E-state index contributed by atoms with van der Waals surface area (Å²) in [7, 11) is 0. The van der Waals surface area contributed by atoms with Gasteiger partial charge in [0.15, 0.2) is 6.61 Å². The molecule has 1 unspecified atom stereocenters. The molecule has 9 heavy (non-hydrogen) atoms. The molecule has 0 rings (SSSR count). The van der Waals surface area contributed by atoms with E-state index >= 15 is 0 Å². The molecule has 0 aromatic carbocycles. The number of hydrogen-bond acceptors (Lipinski definition) is 2. The summed E-state index contributed by atoms with van der Waals surface area (Å²) in [6, 6.07) is 0. The van der Waals surface area contributed by atoms with Crippen molar-refractivity contribution in [3.8, 4) is 0 Å². The van der Waals surface area contributed by atoms with Gasteiger partial charge in [-0.25, -0.2) is 5.11 Å². The predicted octanol–water partition coefficient (Wildman–Crippen LogP) is -1.09. The second-order valence-corrected chi connectivity index (χ2v) is 1.80. The van der Waals surface area contributed by atoms with Crippen LogP contribution in [0.15, 0.2) is 0 Å². The summed E-state index contributed by atoms with van der Waals surface area (Å²) in [4.78, 5) is 10.2. The first kappa shape index (κ1) is 8.39. The van der Waals surface area contributed by atoms with Crippen LogP contribution in [0.25, 0.3) is 0 Å². The SMILES string of the molecule is CC(O)CNC(=O)C[O]. The van der Waals surface area contributed by atoms with Crippen LogP contribution in [0.4, 0.5) is 0 Å². The van der Waals surface area contributed by atoms with E-state index in [1.807, 2.05) is 0 Å². The molecule has 1 atom stereocenters. The van der Waals surface area contributed by atoms with Gasteiger partial charge in [0, 0.05) is 6.54 Å². The second-order valence-electron chi connectivity index (χ2n) is 1.80. The standard InChI is InChI=1S/C5H10NO3/c1-4(8)2-6-5(9)3-7/h4,8H,2-3H2,1H3,(H,6,9). The Bertz CT molecular complexity index is 92.2. The van der Waals surface area contributed by atoms with Crippen molar-refractivity contribution < 1.29 is 15.0 Å². The van der Waals surface area contributed by atoms with Gasteiger partial charge in [-0.2, -0.15) is 0 Å². The van der Waals surface area contributed by atoms with Crippen LogP contribution in [0.5, 0.6) is 0 Å². The molecular formula is C5H10NO3. The molecule has 0 bridgehead atoms. The maximum absolute atomic E-state index is 10.2. The van der Waals surface area contributed by atoms with Crippen molar-refractivity contribution in [1.29, 1.82) is 0 Å². The molecule has 0 aliphatic carbocycles. The summed E-state index contributed by atoms with van der Waals surface area (Å²) < 4.78 is 0. The van der Waals surface area contributed by atoms with Crippen LogP contribution in [-0.2, 0) is 9.90 Å². The first-order valence-corrected chi connectivity index (χ1v) is 2.69. The quantitative estimate of drug-likeness (QED) is 0.512. The highest BCUT2D eigenvalue weighted by atomic mass is 16.3. The Labute approximate surface area is 53.5 Å². The van der Waals surface area contributed by atoms with Crippen LogP contribution in [0.2, 0.25) is 0 Å². The number of amides is 1. The minimum absolute atomic E-state index is 0.154.